The van der Waals surface area contributed by atoms with E-state index in [0.29, 0.717) is 5.41 Å². The van der Waals surface area contributed by atoms with E-state index in [1.807, 2.05) is 18.2 Å². The lowest BCUT2D eigenvalue weighted by atomic mass is 9.82. The fraction of sp³-hybridized carbons (Fsp3) is 0.533. The molecule has 1 aromatic rings. The molecule has 0 spiro atoms. The summed E-state index contributed by atoms with van der Waals surface area (Å²) in [4.78, 5) is 2.42. The number of anilines is 1. The molecule has 3 N–H and O–H groups in total. The maximum atomic E-state index is 8.73. The highest BCUT2D eigenvalue weighted by Gasteiger charge is 2.35. The highest BCUT2D eigenvalue weighted by molar-refractivity contribution is 9.10. The number of amidine groups is 1. The molecule has 0 atom stereocenters. The Morgan fingerprint density at radius 2 is 2.15 bits per heavy atom. The van der Waals surface area contributed by atoms with E-state index in [-0.39, 0.29) is 5.84 Å². The minimum atomic E-state index is 0.134. The van der Waals surface area contributed by atoms with Gasteiger partial charge in [-0.25, -0.2) is 0 Å². The second kappa shape index (κ2) is 6.04. The second-order valence-electron chi connectivity index (χ2n) is 5.53. The SMILES string of the molecule is CCC1(CC)CCN(c2ccc(/C(N)=N/O)cc2Br)C1. The molecule has 1 saturated heterocycles. The third-order valence-corrected chi connectivity index (χ3v) is 5.27. The first-order valence-corrected chi connectivity index (χ1v) is 7.87. The van der Waals surface area contributed by atoms with Crippen molar-refractivity contribution in [3.05, 3.63) is 28.2 Å². The Morgan fingerprint density at radius 1 is 1.45 bits per heavy atom. The second-order valence-corrected chi connectivity index (χ2v) is 6.38. The van der Waals surface area contributed by atoms with E-state index >= 15 is 0 Å². The average molecular weight is 340 g/mol. The number of benzene rings is 1. The lowest BCUT2D eigenvalue weighted by Crippen LogP contribution is -2.26. The van der Waals surface area contributed by atoms with E-state index in [1.54, 1.807) is 0 Å². The molecule has 1 fully saturated rings. The highest BCUT2D eigenvalue weighted by atomic mass is 79.9. The van der Waals surface area contributed by atoms with E-state index in [0.717, 1.165) is 23.1 Å². The summed E-state index contributed by atoms with van der Waals surface area (Å²) in [5.41, 5.74) is 7.97. The highest BCUT2D eigenvalue weighted by Crippen LogP contribution is 2.41. The largest absolute Gasteiger partial charge is 0.409 e. The number of hydrogen-bond acceptors (Lipinski definition) is 3. The third kappa shape index (κ3) is 2.77. The van der Waals surface area contributed by atoms with Crippen molar-refractivity contribution in [1.29, 1.82) is 0 Å². The van der Waals surface area contributed by atoms with Crippen molar-refractivity contribution in [2.75, 3.05) is 18.0 Å². The van der Waals surface area contributed by atoms with Gasteiger partial charge in [0, 0.05) is 23.1 Å². The molecule has 0 aliphatic carbocycles. The van der Waals surface area contributed by atoms with Crippen LogP contribution in [-0.2, 0) is 0 Å². The van der Waals surface area contributed by atoms with Crippen molar-refractivity contribution in [3.8, 4) is 0 Å². The minimum absolute atomic E-state index is 0.134. The van der Waals surface area contributed by atoms with E-state index in [2.05, 4.69) is 39.8 Å². The summed E-state index contributed by atoms with van der Waals surface area (Å²) in [5, 5.41) is 11.8. The normalized spacial score (nSPS) is 18.6. The van der Waals surface area contributed by atoms with Crippen LogP contribution in [0.1, 0.15) is 38.7 Å². The van der Waals surface area contributed by atoms with Crippen LogP contribution in [0.3, 0.4) is 0 Å². The number of halogens is 1. The monoisotopic (exact) mass is 339 g/mol. The molecule has 5 heteroatoms. The zero-order chi connectivity index (χ0) is 14.8. The lowest BCUT2D eigenvalue weighted by Gasteiger charge is -2.27. The van der Waals surface area contributed by atoms with Gasteiger partial charge in [0.25, 0.3) is 0 Å². The van der Waals surface area contributed by atoms with Crippen LogP contribution in [0.2, 0.25) is 0 Å². The summed E-state index contributed by atoms with van der Waals surface area (Å²) in [6.45, 7) is 6.75. The van der Waals surface area contributed by atoms with E-state index in [1.165, 1.54) is 24.9 Å². The molecule has 1 aromatic carbocycles. The van der Waals surface area contributed by atoms with Crippen molar-refractivity contribution in [2.24, 2.45) is 16.3 Å². The molecule has 0 bridgehead atoms. The van der Waals surface area contributed by atoms with Gasteiger partial charge in [0.05, 0.1) is 5.69 Å². The topological polar surface area (TPSA) is 61.8 Å². The summed E-state index contributed by atoms with van der Waals surface area (Å²) in [7, 11) is 0. The first kappa shape index (κ1) is 15.2. The number of hydrogen-bond donors (Lipinski definition) is 2. The quantitative estimate of drug-likeness (QED) is 0.381. The van der Waals surface area contributed by atoms with E-state index in [9.17, 15) is 0 Å². The first-order valence-electron chi connectivity index (χ1n) is 7.07. The van der Waals surface area contributed by atoms with Crippen LogP contribution in [0.4, 0.5) is 5.69 Å². The molecule has 0 amide bonds. The van der Waals surface area contributed by atoms with Gasteiger partial charge in [0.15, 0.2) is 5.84 Å². The molecular weight excluding hydrogens is 318 g/mol. The Bertz CT molecular complexity index is 512. The first-order chi connectivity index (χ1) is 9.55. The molecule has 0 aromatic heterocycles. The summed E-state index contributed by atoms with van der Waals surface area (Å²) in [6.07, 6.45) is 3.69. The average Bonchev–Trinajstić information content (AvgIpc) is 2.91. The maximum absolute atomic E-state index is 8.73. The van der Waals surface area contributed by atoms with Gasteiger partial charge < -0.3 is 15.8 Å². The van der Waals surface area contributed by atoms with Gasteiger partial charge in [-0.3, -0.25) is 0 Å². The molecule has 1 aliphatic heterocycles. The molecule has 110 valence electrons. The number of nitrogens with two attached hydrogens (primary N) is 1. The Balaban J connectivity index is 2.23. The lowest BCUT2D eigenvalue weighted by molar-refractivity contribution is 0.301. The standard InChI is InChI=1S/C15H22BrN3O/c1-3-15(4-2)7-8-19(10-15)13-6-5-11(9-12(13)16)14(17)18-20/h5-6,9,20H,3-4,7-8,10H2,1-2H3,(H2,17,18). The van der Waals surface area contributed by atoms with Gasteiger partial charge >= 0.3 is 0 Å². The summed E-state index contributed by atoms with van der Waals surface area (Å²) in [6, 6.07) is 5.84. The van der Waals surface area contributed by atoms with Gasteiger partial charge in [-0.2, -0.15) is 0 Å². The van der Waals surface area contributed by atoms with E-state index < -0.39 is 0 Å². The maximum Gasteiger partial charge on any atom is 0.170 e. The third-order valence-electron chi connectivity index (χ3n) is 4.63. The Labute approximate surface area is 128 Å². The van der Waals surface area contributed by atoms with Crippen molar-refractivity contribution < 1.29 is 5.21 Å². The van der Waals surface area contributed by atoms with Crippen LogP contribution >= 0.6 is 15.9 Å². The number of nitrogens with zero attached hydrogens (tertiary/aromatic N) is 2. The number of rotatable bonds is 4. The zero-order valence-electron chi connectivity index (χ0n) is 12.1. The van der Waals surface area contributed by atoms with Crippen LogP contribution in [0.15, 0.2) is 27.8 Å². The molecule has 1 aliphatic rings. The van der Waals surface area contributed by atoms with Crippen LogP contribution in [-0.4, -0.2) is 24.1 Å². The molecule has 0 saturated carbocycles. The van der Waals surface area contributed by atoms with Crippen LogP contribution in [0, 0.1) is 5.41 Å². The Morgan fingerprint density at radius 3 is 2.65 bits per heavy atom. The van der Waals surface area contributed by atoms with Gasteiger partial charge in [-0.05, 0) is 58.8 Å². The van der Waals surface area contributed by atoms with Crippen LogP contribution < -0.4 is 10.6 Å². The molecule has 4 nitrogen and oxygen atoms in total. The Hall–Kier alpha value is -1.23. The van der Waals surface area contributed by atoms with Crippen molar-refractivity contribution in [2.45, 2.75) is 33.1 Å². The molecule has 0 radical (unpaired) electrons. The Kier molecular flexibility index (Phi) is 4.58. The van der Waals surface area contributed by atoms with Crippen LogP contribution in [0.5, 0.6) is 0 Å². The van der Waals surface area contributed by atoms with Crippen molar-refractivity contribution in [3.63, 3.8) is 0 Å². The van der Waals surface area contributed by atoms with Crippen molar-refractivity contribution >= 4 is 27.5 Å². The summed E-state index contributed by atoms with van der Waals surface area (Å²) < 4.78 is 0.990. The van der Waals surface area contributed by atoms with Crippen LogP contribution in [0.25, 0.3) is 0 Å². The fourth-order valence-electron chi connectivity index (χ4n) is 2.95. The fourth-order valence-corrected chi connectivity index (χ4v) is 3.58. The molecule has 0 unspecified atom stereocenters. The van der Waals surface area contributed by atoms with Gasteiger partial charge in [-0.1, -0.05) is 19.0 Å². The molecule has 1 heterocycles. The number of oxime groups is 1. The van der Waals surface area contributed by atoms with Crippen molar-refractivity contribution in [1.82, 2.24) is 0 Å². The molecule has 2 rings (SSSR count). The predicted octanol–water partition coefficient (Wildman–Crippen LogP) is 3.56. The summed E-state index contributed by atoms with van der Waals surface area (Å²) in [5.74, 6) is 0.134. The van der Waals surface area contributed by atoms with Gasteiger partial charge in [0.2, 0.25) is 0 Å². The predicted molar refractivity (Wildman–Crippen MR) is 86.5 cm³/mol. The zero-order valence-corrected chi connectivity index (χ0v) is 13.7. The molecule has 20 heavy (non-hydrogen) atoms. The smallest absolute Gasteiger partial charge is 0.170 e. The molecular formula is C15H22BrN3O. The summed E-state index contributed by atoms with van der Waals surface area (Å²) >= 11 is 3.60. The van der Waals surface area contributed by atoms with Gasteiger partial charge in [0.1, 0.15) is 0 Å². The minimum Gasteiger partial charge on any atom is -0.409 e. The van der Waals surface area contributed by atoms with Gasteiger partial charge in [-0.15, -0.1) is 0 Å². The van der Waals surface area contributed by atoms with E-state index in [4.69, 9.17) is 10.9 Å².